The minimum absolute atomic E-state index is 0.0299. The van der Waals surface area contributed by atoms with Gasteiger partial charge < -0.3 is 4.74 Å². The second-order valence-corrected chi connectivity index (χ2v) is 11.2. The van der Waals surface area contributed by atoms with Crippen LogP contribution in [0.1, 0.15) is 32.7 Å². The van der Waals surface area contributed by atoms with Crippen LogP contribution >= 0.6 is 0 Å². The van der Waals surface area contributed by atoms with Crippen molar-refractivity contribution in [1.29, 1.82) is 0 Å². The fraction of sp³-hybridized carbons (Fsp3) is 0.400. The first-order valence-electron chi connectivity index (χ1n) is 11.7. The molecule has 1 fully saturated rings. The van der Waals surface area contributed by atoms with Crippen molar-refractivity contribution in [1.82, 2.24) is 24.2 Å². The van der Waals surface area contributed by atoms with E-state index in [0.717, 1.165) is 11.1 Å². The topological polar surface area (TPSA) is 97.6 Å². The van der Waals surface area contributed by atoms with Crippen molar-refractivity contribution < 1.29 is 22.3 Å². The second-order valence-electron chi connectivity index (χ2n) is 9.22. The number of aryl methyl sites for hydroxylation is 2. The van der Waals surface area contributed by atoms with E-state index in [2.05, 4.69) is 10.3 Å². The normalized spacial score (nSPS) is 17.5. The van der Waals surface area contributed by atoms with Crippen LogP contribution in [-0.4, -0.2) is 77.1 Å². The summed E-state index contributed by atoms with van der Waals surface area (Å²) in [6, 6.07) is 11.7. The van der Waals surface area contributed by atoms with Crippen LogP contribution in [0.5, 0.6) is 0 Å². The van der Waals surface area contributed by atoms with E-state index in [9.17, 15) is 17.6 Å². The smallest absolute Gasteiger partial charge is 0.338 e. The first-order chi connectivity index (χ1) is 17.1. The lowest BCUT2D eigenvalue weighted by molar-refractivity contribution is 0.0457. The Morgan fingerprint density at radius 2 is 1.89 bits per heavy atom. The Bertz CT molecular complexity index is 1320. The molecule has 192 valence electrons. The molecule has 0 spiro atoms. The molecule has 1 aliphatic heterocycles. The van der Waals surface area contributed by atoms with Crippen molar-refractivity contribution in [3.8, 4) is 0 Å². The van der Waals surface area contributed by atoms with Crippen molar-refractivity contribution >= 4 is 16.0 Å². The molecule has 9 nitrogen and oxygen atoms in total. The lowest BCUT2D eigenvalue weighted by Crippen LogP contribution is -2.38. The molecule has 0 radical (unpaired) electrons. The van der Waals surface area contributed by atoms with Crippen molar-refractivity contribution in [3.63, 3.8) is 0 Å². The van der Waals surface area contributed by atoms with Crippen LogP contribution in [-0.2, 0) is 27.8 Å². The summed E-state index contributed by atoms with van der Waals surface area (Å²) in [4.78, 5) is 14.3. The van der Waals surface area contributed by atoms with E-state index in [-0.39, 0.29) is 37.3 Å². The van der Waals surface area contributed by atoms with E-state index in [4.69, 9.17) is 4.74 Å². The third kappa shape index (κ3) is 6.34. The predicted molar refractivity (Wildman–Crippen MR) is 132 cm³/mol. The summed E-state index contributed by atoms with van der Waals surface area (Å²) in [7, 11) is -1.66. The van der Waals surface area contributed by atoms with E-state index in [1.165, 1.54) is 15.1 Å². The molecule has 1 atom stereocenters. The fourth-order valence-corrected chi connectivity index (χ4v) is 6.08. The number of carbonyl (C=O) groups excluding carboxylic acids is 1. The molecule has 4 rings (SSSR count). The van der Waals surface area contributed by atoms with Crippen molar-refractivity contribution in [2.24, 2.45) is 0 Å². The lowest BCUT2D eigenvalue weighted by atomic mass is 10.1. The highest BCUT2D eigenvalue weighted by molar-refractivity contribution is 7.89. The van der Waals surface area contributed by atoms with Gasteiger partial charge in [-0.1, -0.05) is 40.6 Å². The molecule has 0 N–H and O–H groups in total. The Hall–Kier alpha value is -3.15. The number of rotatable bonds is 9. The van der Waals surface area contributed by atoms with Crippen molar-refractivity contribution in [2.75, 3.05) is 32.5 Å². The molecule has 1 aromatic heterocycles. The molecule has 2 aromatic carbocycles. The van der Waals surface area contributed by atoms with Crippen LogP contribution < -0.4 is 0 Å². The molecular formula is C25H30FN5O4S. The monoisotopic (exact) mass is 515 g/mol. The summed E-state index contributed by atoms with van der Waals surface area (Å²) in [5.41, 5.74) is 3.45. The zero-order chi connectivity index (χ0) is 25.9. The van der Waals surface area contributed by atoms with Gasteiger partial charge in [-0.3, -0.25) is 4.90 Å². The van der Waals surface area contributed by atoms with Gasteiger partial charge in [-0.05, 0) is 39.1 Å². The molecule has 1 saturated heterocycles. The average molecular weight is 516 g/mol. The van der Waals surface area contributed by atoms with Gasteiger partial charge in [0.25, 0.3) is 0 Å². The Labute approximate surface area is 210 Å². The first-order valence-corrected chi connectivity index (χ1v) is 13.3. The molecule has 0 bridgehead atoms. The van der Waals surface area contributed by atoms with Gasteiger partial charge in [0.15, 0.2) is 0 Å². The highest BCUT2D eigenvalue weighted by Crippen LogP contribution is 2.20. The summed E-state index contributed by atoms with van der Waals surface area (Å²) in [6.07, 6.45) is 1.63. The molecule has 1 aliphatic rings. The van der Waals surface area contributed by atoms with Crippen molar-refractivity contribution in [3.05, 3.63) is 82.4 Å². The number of likely N-dealkylation sites (N-methyl/N-ethyl adjacent to an activating group) is 1. The maximum atomic E-state index is 13.9. The largest absolute Gasteiger partial charge is 0.461 e. The number of benzene rings is 2. The van der Waals surface area contributed by atoms with E-state index < -0.39 is 16.0 Å². The zero-order valence-electron chi connectivity index (χ0n) is 20.6. The molecule has 2 heterocycles. The van der Waals surface area contributed by atoms with E-state index in [1.807, 2.05) is 31.9 Å². The van der Waals surface area contributed by atoms with Gasteiger partial charge in [0.1, 0.15) is 12.4 Å². The molecule has 0 saturated carbocycles. The zero-order valence-corrected chi connectivity index (χ0v) is 21.4. The quantitative estimate of drug-likeness (QED) is 0.404. The summed E-state index contributed by atoms with van der Waals surface area (Å²) in [5.74, 6) is -0.755. The number of hydrogen-bond donors (Lipinski definition) is 0. The van der Waals surface area contributed by atoms with Crippen LogP contribution in [0.3, 0.4) is 0 Å². The number of carbonyl (C=O) groups is 1. The summed E-state index contributed by atoms with van der Waals surface area (Å²) in [6.45, 7) is 5.00. The predicted octanol–water partition coefficient (Wildman–Crippen LogP) is 2.39. The van der Waals surface area contributed by atoms with E-state index >= 15 is 0 Å². The van der Waals surface area contributed by atoms with Gasteiger partial charge in [-0.25, -0.2) is 22.3 Å². The molecule has 0 aliphatic carbocycles. The van der Waals surface area contributed by atoms with Gasteiger partial charge in [0.2, 0.25) is 10.0 Å². The number of sulfonamides is 1. The average Bonchev–Trinajstić information content (AvgIpc) is 3.38. The maximum absolute atomic E-state index is 13.9. The molecule has 36 heavy (non-hydrogen) atoms. The fourth-order valence-electron chi connectivity index (χ4n) is 4.29. The molecule has 3 aromatic rings. The van der Waals surface area contributed by atoms with Gasteiger partial charge in [0.05, 0.1) is 36.3 Å². The van der Waals surface area contributed by atoms with Crippen LogP contribution in [0.4, 0.5) is 4.39 Å². The molecule has 0 amide bonds. The molecule has 1 unspecified atom stereocenters. The Morgan fingerprint density at radius 3 is 2.61 bits per heavy atom. The van der Waals surface area contributed by atoms with Crippen LogP contribution in [0.25, 0.3) is 0 Å². The maximum Gasteiger partial charge on any atom is 0.338 e. The van der Waals surface area contributed by atoms with Gasteiger partial charge >= 0.3 is 5.97 Å². The minimum atomic E-state index is -3.48. The number of nitrogens with zero attached hydrogens (tertiary/aromatic N) is 5. The van der Waals surface area contributed by atoms with E-state index in [1.54, 1.807) is 36.5 Å². The summed E-state index contributed by atoms with van der Waals surface area (Å²) >= 11 is 0. The first kappa shape index (κ1) is 25.9. The molecular weight excluding hydrogens is 485 g/mol. The lowest BCUT2D eigenvalue weighted by Gasteiger charge is -2.22. The number of ether oxygens (including phenoxy) is 1. The third-order valence-corrected chi connectivity index (χ3v) is 8.05. The van der Waals surface area contributed by atoms with Crippen LogP contribution in [0.15, 0.2) is 48.7 Å². The van der Waals surface area contributed by atoms with Crippen LogP contribution in [0, 0.1) is 19.7 Å². The Kier molecular flexibility index (Phi) is 7.82. The second kappa shape index (κ2) is 10.9. The number of halogens is 1. The Morgan fingerprint density at radius 1 is 1.17 bits per heavy atom. The third-order valence-electron chi connectivity index (χ3n) is 6.18. The SMILES string of the molecule is Cc1cc(C)cc(C(=O)OCCN(C)C2CN(Cc3cn(Cc4ccccc4F)nn3)S(=O)(=O)C2)c1. The number of hydrogen-bond acceptors (Lipinski definition) is 7. The molecule has 11 heteroatoms. The van der Waals surface area contributed by atoms with Crippen molar-refractivity contribution in [2.45, 2.75) is 33.0 Å². The van der Waals surface area contributed by atoms with Gasteiger partial charge in [-0.15, -0.1) is 5.10 Å². The summed E-state index contributed by atoms with van der Waals surface area (Å²) in [5, 5.41) is 8.07. The van der Waals surface area contributed by atoms with E-state index in [0.29, 0.717) is 29.9 Å². The highest BCUT2D eigenvalue weighted by Gasteiger charge is 2.38. The van der Waals surface area contributed by atoms with Gasteiger partial charge in [-0.2, -0.15) is 4.31 Å². The minimum Gasteiger partial charge on any atom is -0.461 e. The standard InChI is InChI=1S/C25H30FN5O4S/c1-18-10-19(2)12-21(11-18)25(32)35-9-8-29(3)23-16-31(36(33,34)17-23)15-22-14-30(28-27-22)13-20-6-4-5-7-24(20)26/h4-7,10-12,14,23H,8-9,13,15-17H2,1-3H3. The number of aromatic nitrogens is 3. The van der Waals surface area contributed by atoms with Crippen LogP contribution in [0.2, 0.25) is 0 Å². The highest BCUT2D eigenvalue weighted by atomic mass is 32.2. The summed E-state index contributed by atoms with van der Waals surface area (Å²) < 4.78 is 47.7. The van der Waals surface area contributed by atoms with Gasteiger partial charge in [0, 0.05) is 24.7 Å². The number of esters is 1. The Balaban J connectivity index is 1.29.